The first-order valence-electron chi connectivity index (χ1n) is 6.89. The number of aryl methyl sites for hydroxylation is 1. The Bertz CT molecular complexity index is 403. The van der Waals surface area contributed by atoms with E-state index in [-0.39, 0.29) is 6.04 Å². The predicted octanol–water partition coefficient (Wildman–Crippen LogP) is 1.77. The lowest BCUT2D eigenvalue weighted by molar-refractivity contribution is 0.465. The van der Waals surface area contributed by atoms with Crippen LogP contribution in [0.3, 0.4) is 0 Å². The quantitative estimate of drug-likeness (QED) is 0.863. The number of hydrogen-bond donors (Lipinski definition) is 1. The second kappa shape index (κ2) is 5.65. The van der Waals surface area contributed by atoms with E-state index < -0.39 is 0 Å². The lowest BCUT2D eigenvalue weighted by Crippen LogP contribution is -2.32. The molecule has 18 heavy (non-hydrogen) atoms. The molecule has 1 aromatic heterocycles. The number of rotatable bonds is 5. The Hall–Kier alpha value is -1.16. The molecule has 0 aromatic carbocycles. The average Bonchev–Trinajstić information content (AvgIpc) is 2.83. The van der Waals surface area contributed by atoms with Crippen LogP contribution in [0.4, 0.5) is 5.82 Å². The van der Waals surface area contributed by atoms with E-state index in [0.29, 0.717) is 5.92 Å². The zero-order valence-electron chi connectivity index (χ0n) is 11.7. The molecule has 0 spiro atoms. The molecule has 1 aliphatic rings. The van der Waals surface area contributed by atoms with Gasteiger partial charge in [0.25, 0.3) is 0 Å². The van der Waals surface area contributed by atoms with E-state index in [1.807, 2.05) is 0 Å². The fraction of sp³-hybridized carbons (Fsp3) is 0.714. The standard InChI is InChI=1S/C14H24N4/c1-10(2)12(15)7-8-18(3)14-11-5-4-6-13(11)16-9-17-14/h9-10,12H,4-8,15H2,1-3H3. The number of aromatic nitrogens is 2. The van der Waals surface area contributed by atoms with Gasteiger partial charge >= 0.3 is 0 Å². The third-order valence-corrected chi connectivity index (χ3v) is 3.87. The molecule has 0 saturated heterocycles. The monoisotopic (exact) mass is 248 g/mol. The highest BCUT2D eigenvalue weighted by Gasteiger charge is 2.19. The zero-order chi connectivity index (χ0) is 13.1. The molecule has 0 fully saturated rings. The van der Waals surface area contributed by atoms with Crippen molar-refractivity contribution in [2.75, 3.05) is 18.5 Å². The van der Waals surface area contributed by atoms with Crippen LogP contribution in [0.25, 0.3) is 0 Å². The van der Waals surface area contributed by atoms with E-state index in [0.717, 1.165) is 31.6 Å². The summed E-state index contributed by atoms with van der Waals surface area (Å²) in [6, 6.07) is 0.266. The Balaban J connectivity index is 2.01. The van der Waals surface area contributed by atoms with Crippen LogP contribution in [0.15, 0.2) is 6.33 Å². The first-order valence-corrected chi connectivity index (χ1v) is 6.89. The molecule has 0 bridgehead atoms. The highest BCUT2D eigenvalue weighted by molar-refractivity contribution is 5.49. The van der Waals surface area contributed by atoms with Crippen molar-refractivity contribution >= 4 is 5.82 Å². The number of hydrogen-bond acceptors (Lipinski definition) is 4. The number of fused-ring (bicyclic) bond motifs is 1. The Morgan fingerprint density at radius 2 is 2.11 bits per heavy atom. The first-order chi connectivity index (χ1) is 8.59. The van der Waals surface area contributed by atoms with E-state index >= 15 is 0 Å². The number of anilines is 1. The molecule has 0 amide bonds. The fourth-order valence-corrected chi connectivity index (χ4v) is 2.45. The van der Waals surface area contributed by atoms with Crippen LogP contribution in [0.5, 0.6) is 0 Å². The van der Waals surface area contributed by atoms with Crippen LogP contribution >= 0.6 is 0 Å². The van der Waals surface area contributed by atoms with Crippen molar-refractivity contribution in [1.29, 1.82) is 0 Å². The van der Waals surface area contributed by atoms with Gasteiger partial charge in [-0.25, -0.2) is 9.97 Å². The second-order valence-electron chi connectivity index (χ2n) is 5.59. The summed E-state index contributed by atoms with van der Waals surface area (Å²) in [7, 11) is 2.11. The van der Waals surface area contributed by atoms with Gasteiger partial charge in [0.05, 0.1) is 0 Å². The third kappa shape index (κ3) is 2.80. The molecular weight excluding hydrogens is 224 g/mol. The van der Waals surface area contributed by atoms with Crippen molar-refractivity contribution in [3.05, 3.63) is 17.6 Å². The molecule has 0 aliphatic heterocycles. The minimum atomic E-state index is 0.266. The molecule has 0 radical (unpaired) electrons. The van der Waals surface area contributed by atoms with Crippen LogP contribution in [0.2, 0.25) is 0 Å². The maximum Gasteiger partial charge on any atom is 0.135 e. The minimum absolute atomic E-state index is 0.266. The van der Waals surface area contributed by atoms with Crippen LogP contribution < -0.4 is 10.6 Å². The van der Waals surface area contributed by atoms with Gasteiger partial charge in [0.15, 0.2) is 0 Å². The van der Waals surface area contributed by atoms with Gasteiger partial charge in [0.1, 0.15) is 12.1 Å². The van der Waals surface area contributed by atoms with Gasteiger partial charge in [0, 0.05) is 30.9 Å². The van der Waals surface area contributed by atoms with E-state index in [4.69, 9.17) is 5.73 Å². The minimum Gasteiger partial charge on any atom is -0.359 e. The lowest BCUT2D eigenvalue weighted by Gasteiger charge is -2.23. The molecule has 0 saturated carbocycles. The lowest BCUT2D eigenvalue weighted by atomic mass is 10.0. The van der Waals surface area contributed by atoms with Crippen molar-refractivity contribution in [3.63, 3.8) is 0 Å². The Morgan fingerprint density at radius 1 is 1.33 bits per heavy atom. The average molecular weight is 248 g/mol. The van der Waals surface area contributed by atoms with Gasteiger partial charge in [-0.1, -0.05) is 13.8 Å². The summed E-state index contributed by atoms with van der Waals surface area (Å²) >= 11 is 0. The SMILES string of the molecule is CC(C)C(N)CCN(C)c1ncnc2c1CCC2. The van der Waals surface area contributed by atoms with Crippen molar-refractivity contribution in [3.8, 4) is 0 Å². The molecule has 1 aromatic rings. The molecule has 4 nitrogen and oxygen atoms in total. The van der Waals surface area contributed by atoms with Gasteiger partial charge < -0.3 is 10.6 Å². The summed E-state index contributed by atoms with van der Waals surface area (Å²) in [6.07, 6.45) is 6.13. The Labute approximate surface area is 110 Å². The Morgan fingerprint density at radius 3 is 2.83 bits per heavy atom. The fourth-order valence-electron chi connectivity index (χ4n) is 2.45. The highest BCUT2D eigenvalue weighted by Crippen LogP contribution is 2.27. The van der Waals surface area contributed by atoms with Crippen molar-refractivity contribution < 1.29 is 0 Å². The van der Waals surface area contributed by atoms with Crippen molar-refractivity contribution in [2.45, 2.75) is 45.6 Å². The number of nitrogens with zero attached hydrogens (tertiary/aromatic N) is 3. The normalized spacial score (nSPS) is 15.8. The predicted molar refractivity (Wildman–Crippen MR) is 74.8 cm³/mol. The van der Waals surface area contributed by atoms with E-state index in [1.54, 1.807) is 6.33 Å². The summed E-state index contributed by atoms with van der Waals surface area (Å²) in [5.74, 6) is 1.64. The van der Waals surface area contributed by atoms with Crippen LogP contribution in [-0.2, 0) is 12.8 Å². The molecule has 2 rings (SSSR count). The van der Waals surface area contributed by atoms with Gasteiger partial charge in [0.2, 0.25) is 0 Å². The van der Waals surface area contributed by atoms with Gasteiger partial charge in [-0.05, 0) is 31.6 Å². The van der Waals surface area contributed by atoms with Crippen LogP contribution in [0, 0.1) is 5.92 Å². The summed E-state index contributed by atoms with van der Waals surface area (Å²) < 4.78 is 0. The topological polar surface area (TPSA) is 55.0 Å². The van der Waals surface area contributed by atoms with Gasteiger partial charge in [-0.15, -0.1) is 0 Å². The van der Waals surface area contributed by atoms with Crippen LogP contribution in [0.1, 0.15) is 37.9 Å². The maximum absolute atomic E-state index is 6.10. The van der Waals surface area contributed by atoms with Gasteiger partial charge in [-0.2, -0.15) is 0 Å². The molecule has 1 aliphatic carbocycles. The number of nitrogens with two attached hydrogens (primary N) is 1. The summed E-state index contributed by atoms with van der Waals surface area (Å²) in [5.41, 5.74) is 8.68. The maximum atomic E-state index is 6.10. The molecule has 2 N–H and O–H groups in total. The molecule has 1 unspecified atom stereocenters. The largest absolute Gasteiger partial charge is 0.359 e. The smallest absolute Gasteiger partial charge is 0.135 e. The summed E-state index contributed by atoms with van der Waals surface area (Å²) in [6.45, 7) is 5.31. The molecule has 4 heteroatoms. The summed E-state index contributed by atoms with van der Waals surface area (Å²) in [5, 5.41) is 0. The van der Waals surface area contributed by atoms with Crippen molar-refractivity contribution in [2.24, 2.45) is 11.7 Å². The van der Waals surface area contributed by atoms with Crippen LogP contribution in [-0.4, -0.2) is 29.6 Å². The second-order valence-corrected chi connectivity index (χ2v) is 5.59. The summed E-state index contributed by atoms with van der Waals surface area (Å²) in [4.78, 5) is 11.0. The van der Waals surface area contributed by atoms with Crippen molar-refractivity contribution in [1.82, 2.24) is 9.97 Å². The molecular formula is C14H24N4. The third-order valence-electron chi connectivity index (χ3n) is 3.87. The Kier molecular flexibility index (Phi) is 4.17. The van der Waals surface area contributed by atoms with E-state index in [2.05, 4.69) is 35.8 Å². The highest BCUT2D eigenvalue weighted by atomic mass is 15.2. The first kappa shape index (κ1) is 13.3. The molecule has 100 valence electrons. The molecule has 1 atom stereocenters. The zero-order valence-corrected chi connectivity index (χ0v) is 11.7. The van der Waals surface area contributed by atoms with E-state index in [1.165, 1.54) is 17.7 Å². The molecule has 1 heterocycles. The van der Waals surface area contributed by atoms with Gasteiger partial charge in [-0.3, -0.25) is 0 Å². The van der Waals surface area contributed by atoms with E-state index in [9.17, 15) is 0 Å².